The molecule has 0 saturated carbocycles. The van der Waals surface area contributed by atoms with Crippen molar-refractivity contribution in [3.63, 3.8) is 0 Å². The molecular formula is C30H32FN5O2. The van der Waals surface area contributed by atoms with E-state index in [-0.39, 0.29) is 11.8 Å². The molecule has 1 aromatic heterocycles. The third-order valence-corrected chi connectivity index (χ3v) is 8.37. The number of nitrogens with one attached hydrogen (secondary N) is 1. The molecule has 7 rings (SSSR count). The van der Waals surface area contributed by atoms with Gasteiger partial charge in [-0.15, -0.1) is 0 Å². The van der Waals surface area contributed by atoms with Gasteiger partial charge in [0.05, 0.1) is 5.52 Å². The molecule has 0 aliphatic carbocycles. The highest BCUT2D eigenvalue weighted by atomic mass is 19.1. The van der Waals surface area contributed by atoms with Crippen molar-refractivity contribution >= 4 is 27.5 Å². The number of hydrogen-bond donors (Lipinski definition) is 2. The third-order valence-electron chi connectivity index (χ3n) is 8.37. The van der Waals surface area contributed by atoms with Gasteiger partial charge in [0, 0.05) is 43.1 Å². The van der Waals surface area contributed by atoms with Gasteiger partial charge in [-0.25, -0.2) is 4.39 Å². The highest BCUT2D eigenvalue weighted by Crippen LogP contribution is 2.37. The van der Waals surface area contributed by atoms with Crippen LogP contribution >= 0.6 is 0 Å². The number of ether oxygens (including phenoxy) is 1. The maximum absolute atomic E-state index is 13.9. The first-order valence-electron chi connectivity index (χ1n) is 13.5. The number of benzene rings is 3. The summed E-state index contributed by atoms with van der Waals surface area (Å²) in [5.74, 6) is 1.12. The summed E-state index contributed by atoms with van der Waals surface area (Å²) in [5.41, 5.74) is 2.72. The average Bonchev–Trinajstić information content (AvgIpc) is 3.43. The number of likely N-dealkylation sites (tertiary alicyclic amines) is 1. The van der Waals surface area contributed by atoms with Crippen molar-refractivity contribution in [3.05, 3.63) is 54.6 Å². The molecule has 4 atom stereocenters. The van der Waals surface area contributed by atoms with E-state index < -0.39 is 6.17 Å². The second-order valence-electron chi connectivity index (χ2n) is 11.1. The second kappa shape index (κ2) is 9.36. The number of fused-ring (bicyclic) bond motifs is 4. The van der Waals surface area contributed by atoms with Crippen LogP contribution in [0.2, 0.25) is 0 Å². The maximum Gasteiger partial charge on any atom is 0.319 e. The molecule has 7 nitrogen and oxygen atoms in total. The zero-order chi connectivity index (χ0) is 25.8. The normalized spacial score (nSPS) is 25.5. The lowest BCUT2D eigenvalue weighted by Crippen LogP contribution is -2.51. The topological polar surface area (TPSA) is 73.8 Å². The van der Waals surface area contributed by atoms with Gasteiger partial charge in [-0.2, -0.15) is 9.97 Å². The summed E-state index contributed by atoms with van der Waals surface area (Å²) in [6.07, 6.45) is 2.01. The highest BCUT2D eigenvalue weighted by molar-refractivity contribution is 6.00. The Morgan fingerprint density at radius 1 is 1.00 bits per heavy atom. The van der Waals surface area contributed by atoms with Crippen molar-refractivity contribution in [2.75, 3.05) is 38.2 Å². The Morgan fingerprint density at radius 2 is 1.82 bits per heavy atom. The number of alkyl halides is 1. The quantitative estimate of drug-likeness (QED) is 0.407. The smallest absolute Gasteiger partial charge is 0.319 e. The van der Waals surface area contributed by atoms with Gasteiger partial charge in [0.2, 0.25) is 0 Å². The van der Waals surface area contributed by atoms with Gasteiger partial charge in [-0.1, -0.05) is 30.3 Å². The Morgan fingerprint density at radius 3 is 2.61 bits per heavy atom. The summed E-state index contributed by atoms with van der Waals surface area (Å²) in [7, 11) is 1.93. The summed E-state index contributed by atoms with van der Waals surface area (Å²) in [4.78, 5) is 14.1. The van der Waals surface area contributed by atoms with Crippen LogP contribution in [0.15, 0.2) is 54.6 Å². The van der Waals surface area contributed by atoms with Crippen molar-refractivity contribution in [1.29, 1.82) is 0 Å². The van der Waals surface area contributed by atoms with Crippen LogP contribution in [-0.4, -0.2) is 77.6 Å². The number of aromatic nitrogens is 2. The monoisotopic (exact) mass is 513 g/mol. The molecule has 3 fully saturated rings. The van der Waals surface area contributed by atoms with Gasteiger partial charge < -0.3 is 20.1 Å². The van der Waals surface area contributed by atoms with Crippen LogP contribution in [0.5, 0.6) is 11.8 Å². The summed E-state index contributed by atoms with van der Waals surface area (Å²) in [6, 6.07) is 19.2. The molecule has 2 N–H and O–H groups in total. The number of hydrogen-bond acceptors (Lipinski definition) is 7. The molecule has 3 aliphatic rings. The van der Waals surface area contributed by atoms with Gasteiger partial charge in [-0.05, 0) is 72.5 Å². The molecule has 0 amide bonds. The number of phenolic OH excluding ortho intramolecular Hbond substituents is 1. The van der Waals surface area contributed by atoms with E-state index in [9.17, 15) is 9.50 Å². The lowest BCUT2D eigenvalue weighted by Gasteiger charge is -2.34. The fraction of sp³-hybridized carbons (Fsp3) is 0.400. The molecule has 0 spiro atoms. The average molecular weight is 514 g/mol. The van der Waals surface area contributed by atoms with Crippen molar-refractivity contribution in [2.45, 2.75) is 43.6 Å². The van der Waals surface area contributed by atoms with E-state index in [0.717, 1.165) is 51.7 Å². The summed E-state index contributed by atoms with van der Waals surface area (Å²) >= 11 is 0. The van der Waals surface area contributed by atoms with Gasteiger partial charge in [0.25, 0.3) is 0 Å². The van der Waals surface area contributed by atoms with Crippen LogP contribution in [-0.2, 0) is 0 Å². The van der Waals surface area contributed by atoms with Gasteiger partial charge in [0.1, 0.15) is 24.3 Å². The number of phenols is 1. The molecule has 196 valence electrons. The lowest BCUT2D eigenvalue weighted by atomic mass is 9.97. The van der Waals surface area contributed by atoms with Crippen LogP contribution in [0.4, 0.5) is 10.2 Å². The minimum absolute atomic E-state index is 0.00720. The maximum atomic E-state index is 13.9. The largest absolute Gasteiger partial charge is 0.508 e. The summed E-state index contributed by atoms with van der Waals surface area (Å²) in [5, 5.41) is 17.2. The molecular weight excluding hydrogens is 481 g/mol. The molecule has 0 radical (unpaired) electrons. The molecule has 38 heavy (non-hydrogen) atoms. The number of nitrogens with zero attached hydrogens (tertiary/aromatic N) is 4. The number of rotatable bonds is 5. The van der Waals surface area contributed by atoms with Crippen molar-refractivity contribution in [2.24, 2.45) is 0 Å². The Bertz CT molecular complexity index is 1500. The zero-order valence-corrected chi connectivity index (χ0v) is 21.5. The molecule has 3 aliphatic heterocycles. The van der Waals surface area contributed by atoms with Crippen molar-refractivity contribution in [3.8, 4) is 22.9 Å². The Balaban J connectivity index is 1.30. The zero-order valence-electron chi connectivity index (χ0n) is 21.5. The number of piperazine rings is 1. The Hall–Kier alpha value is -3.49. The van der Waals surface area contributed by atoms with E-state index in [1.165, 1.54) is 12.8 Å². The number of aromatic hydroxyl groups is 1. The number of likely N-dealkylation sites (N-methyl/N-ethyl adjacent to an activating group) is 1. The van der Waals surface area contributed by atoms with Gasteiger partial charge in [0.15, 0.2) is 0 Å². The van der Waals surface area contributed by atoms with Crippen molar-refractivity contribution < 1.29 is 14.2 Å². The summed E-state index contributed by atoms with van der Waals surface area (Å²) in [6.45, 7) is 2.58. The first-order chi connectivity index (χ1) is 18.5. The molecule has 4 heterocycles. The minimum Gasteiger partial charge on any atom is -0.508 e. The molecule has 3 aromatic carbocycles. The van der Waals surface area contributed by atoms with Gasteiger partial charge >= 0.3 is 6.01 Å². The third kappa shape index (κ3) is 4.31. The van der Waals surface area contributed by atoms with E-state index >= 15 is 0 Å². The molecule has 0 unspecified atom stereocenters. The predicted molar refractivity (Wildman–Crippen MR) is 148 cm³/mol. The summed E-state index contributed by atoms with van der Waals surface area (Å²) < 4.78 is 20.1. The first-order valence-corrected chi connectivity index (χ1v) is 13.5. The van der Waals surface area contributed by atoms with Crippen molar-refractivity contribution in [1.82, 2.24) is 20.2 Å². The van der Waals surface area contributed by atoms with Crippen LogP contribution < -0.4 is 15.0 Å². The first kappa shape index (κ1) is 23.6. The van der Waals surface area contributed by atoms with E-state index in [2.05, 4.69) is 34.5 Å². The minimum atomic E-state index is -0.822. The fourth-order valence-corrected chi connectivity index (χ4v) is 6.45. The molecule has 4 aromatic rings. The van der Waals surface area contributed by atoms with Crippen LogP contribution in [0, 0.1) is 0 Å². The van der Waals surface area contributed by atoms with Crippen LogP contribution in [0.1, 0.15) is 19.3 Å². The highest BCUT2D eigenvalue weighted by Gasteiger charge is 2.34. The molecule has 3 saturated heterocycles. The fourth-order valence-electron chi connectivity index (χ4n) is 6.45. The predicted octanol–water partition coefficient (Wildman–Crippen LogP) is 4.52. The van der Waals surface area contributed by atoms with Crippen LogP contribution in [0.25, 0.3) is 32.8 Å². The number of halogens is 1. The standard InChI is InChI=1S/C30H32FN5O2/c1-35-14-20(31)12-23(35)17-38-30-33-28-11-19(27-13-24(37)10-18-4-2-3-5-25(18)27)6-9-26(28)29(34-30)36-15-21-7-8-22(16-36)32-21/h2-6,9-11,13,20-23,32,37H,7-8,12,14-17H2,1H3/t20-,21-,22+,23+/m1/s1. The van der Waals surface area contributed by atoms with E-state index in [1.807, 2.05) is 30.1 Å². The Labute approximate surface area is 221 Å². The number of anilines is 1. The van der Waals surface area contributed by atoms with Gasteiger partial charge in [-0.3, -0.25) is 4.90 Å². The SMILES string of the molecule is CN1C[C@H](F)C[C@H]1COc1nc(N2C[C@H]3CC[C@@H](C2)N3)c2ccc(-c3cc(O)cc4ccccc34)cc2n1. The van der Waals surface area contributed by atoms with E-state index in [1.54, 1.807) is 12.1 Å². The van der Waals surface area contributed by atoms with E-state index in [4.69, 9.17) is 14.7 Å². The second-order valence-corrected chi connectivity index (χ2v) is 11.1. The lowest BCUT2D eigenvalue weighted by molar-refractivity contribution is 0.188. The van der Waals surface area contributed by atoms with Crippen LogP contribution in [0.3, 0.4) is 0 Å². The molecule has 2 bridgehead atoms. The van der Waals surface area contributed by atoms with E-state index in [0.29, 0.717) is 37.7 Å². The Kier molecular flexibility index (Phi) is 5.82. The molecule has 8 heteroatoms.